The zero-order chi connectivity index (χ0) is 26.2. The van der Waals surface area contributed by atoms with Crippen molar-refractivity contribution >= 4 is 29.1 Å². The summed E-state index contributed by atoms with van der Waals surface area (Å²) in [4.78, 5) is 43.6. The van der Waals surface area contributed by atoms with Crippen LogP contribution in [0.5, 0.6) is 23.0 Å². The van der Waals surface area contributed by atoms with E-state index in [0.717, 1.165) is 0 Å². The minimum Gasteiger partial charge on any atom is -0.457 e. The number of nitrogens with one attached hydrogen (secondary N) is 3. The van der Waals surface area contributed by atoms with E-state index in [1.165, 1.54) is 32.4 Å². The number of rotatable bonds is 8. The zero-order valence-electron chi connectivity index (χ0n) is 20.0. The summed E-state index contributed by atoms with van der Waals surface area (Å²) < 4.78 is 11.5. The lowest BCUT2D eigenvalue weighted by Crippen LogP contribution is -2.19. The highest BCUT2D eigenvalue weighted by Crippen LogP contribution is 2.25. The number of ketones is 1. The van der Waals surface area contributed by atoms with Crippen LogP contribution in [0.3, 0.4) is 0 Å². The highest BCUT2D eigenvalue weighted by atomic mass is 16.5. The molecule has 0 atom stereocenters. The number of anilines is 2. The van der Waals surface area contributed by atoms with Gasteiger partial charge in [0.05, 0.1) is 0 Å². The number of Topliss-reactive ketones (excluding diaryl/α,β-unsaturated/α-hetero) is 1. The molecule has 0 aliphatic heterocycles. The van der Waals surface area contributed by atoms with Crippen molar-refractivity contribution in [2.45, 2.75) is 6.92 Å². The van der Waals surface area contributed by atoms with Crippen LogP contribution in [-0.2, 0) is 0 Å². The molecule has 4 rings (SSSR count). The van der Waals surface area contributed by atoms with E-state index >= 15 is 0 Å². The summed E-state index contributed by atoms with van der Waals surface area (Å²) in [6.07, 6.45) is 3.00. The first-order chi connectivity index (χ1) is 17.9. The van der Waals surface area contributed by atoms with E-state index in [4.69, 9.17) is 9.47 Å². The standard InChI is InChI=1S/C27H23N5O5/c1-17(33)24-15-22(11-13-29-24)36-20-7-3-18(4-8-20)31-27(35)32-19-5-9-21(10-6-19)37-23-12-14-30-25(16-23)26(34)28-2/h3-16H,1-2H3,(H,28,34)(H2,31,32,35). The fourth-order valence-corrected chi connectivity index (χ4v) is 3.17. The molecule has 37 heavy (non-hydrogen) atoms. The van der Waals surface area contributed by atoms with Crippen molar-refractivity contribution in [3.05, 3.63) is 96.6 Å². The smallest absolute Gasteiger partial charge is 0.323 e. The molecule has 0 saturated heterocycles. The summed E-state index contributed by atoms with van der Waals surface area (Å²) in [5.41, 5.74) is 1.69. The van der Waals surface area contributed by atoms with Gasteiger partial charge in [0.25, 0.3) is 5.91 Å². The number of ether oxygens (including phenoxy) is 2. The van der Waals surface area contributed by atoms with Crippen LogP contribution < -0.4 is 25.4 Å². The Morgan fingerprint density at radius 2 is 1.11 bits per heavy atom. The molecule has 0 fully saturated rings. The van der Waals surface area contributed by atoms with Crippen LogP contribution in [0.15, 0.2) is 85.2 Å². The van der Waals surface area contributed by atoms with Gasteiger partial charge >= 0.3 is 6.03 Å². The second kappa shape index (κ2) is 11.5. The van der Waals surface area contributed by atoms with Crippen molar-refractivity contribution in [3.63, 3.8) is 0 Å². The molecule has 3 amide bonds. The van der Waals surface area contributed by atoms with Gasteiger partial charge in [-0.2, -0.15) is 0 Å². The van der Waals surface area contributed by atoms with E-state index < -0.39 is 6.03 Å². The Balaban J connectivity index is 1.30. The van der Waals surface area contributed by atoms with Crippen molar-refractivity contribution < 1.29 is 23.9 Å². The minimum absolute atomic E-state index is 0.150. The van der Waals surface area contributed by atoms with Gasteiger partial charge < -0.3 is 25.4 Å². The maximum absolute atomic E-state index is 12.4. The van der Waals surface area contributed by atoms with Crippen LogP contribution in [0.25, 0.3) is 0 Å². The third-order valence-electron chi connectivity index (χ3n) is 4.98. The molecule has 4 aromatic rings. The monoisotopic (exact) mass is 497 g/mol. The summed E-state index contributed by atoms with van der Waals surface area (Å²) >= 11 is 0. The number of carbonyl (C=O) groups excluding carboxylic acids is 3. The van der Waals surface area contributed by atoms with Crippen molar-refractivity contribution in [2.24, 2.45) is 0 Å². The molecule has 186 valence electrons. The van der Waals surface area contributed by atoms with Crippen LogP contribution in [-0.4, -0.2) is 34.7 Å². The second-order valence-corrected chi connectivity index (χ2v) is 7.72. The van der Waals surface area contributed by atoms with E-state index in [1.54, 1.807) is 66.7 Å². The summed E-state index contributed by atoms with van der Waals surface area (Å²) in [5.74, 6) is 1.56. The Hall–Kier alpha value is -5.25. The molecule has 2 aromatic heterocycles. The molecular formula is C27H23N5O5. The van der Waals surface area contributed by atoms with Gasteiger partial charge in [-0.3, -0.25) is 19.6 Å². The SMILES string of the molecule is CNC(=O)c1cc(Oc2ccc(NC(=O)Nc3ccc(Oc4ccnc(C(C)=O)c4)cc3)cc2)ccn1. The predicted molar refractivity (Wildman–Crippen MR) is 138 cm³/mol. The summed E-state index contributed by atoms with van der Waals surface area (Å²) in [6.45, 7) is 1.44. The predicted octanol–water partition coefficient (Wildman–Crippen LogP) is 5.27. The van der Waals surface area contributed by atoms with Crippen LogP contribution in [0.2, 0.25) is 0 Å². The lowest BCUT2D eigenvalue weighted by molar-refractivity contribution is 0.0956. The zero-order valence-corrected chi connectivity index (χ0v) is 20.0. The Morgan fingerprint density at radius 1 is 0.649 bits per heavy atom. The van der Waals surface area contributed by atoms with Crippen molar-refractivity contribution in [2.75, 3.05) is 17.7 Å². The number of aromatic nitrogens is 2. The number of hydrogen-bond acceptors (Lipinski definition) is 7. The topological polar surface area (TPSA) is 132 Å². The van der Waals surface area contributed by atoms with Gasteiger partial charge in [0.15, 0.2) is 5.78 Å². The molecule has 0 aliphatic carbocycles. The molecule has 0 spiro atoms. The van der Waals surface area contributed by atoms with Crippen molar-refractivity contribution in [1.29, 1.82) is 0 Å². The molecule has 2 heterocycles. The largest absolute Gasteiger partial charge is 0.457 e. The van der Waals surface area contributed by atoms with Crippen molar-refractivity contribution in [1.82, 2.24) is 15.3 Å². The average molecular weight is 498 g/mol. The highest BCUT2D eigenvalue weighted by Gasteiger charge is 2.08. The average Bonchev–Trinajstić information content (AvgIpc) is 2.91. The number of pyridine rings is 2. The molecule has 2 aromatic carbocycles. The first-order valence-corrected chi connectivity index (χ1v) is 11.2. The van der Waals surface area contributed by atoms with Crippen LogP contribution in [0.1, 0.15) is 27.9 Å². The molecule has 0 aliphatic rings. The molecule has 3 N–H and O–H groups in total. The first kappa shape index (κ1) is 24.9. The molecule has 0 unspecified atom stereocenters. The highest BCUT2D eigenvalue weighted by molar-refractivity contribution is 5.99. The lowest BCUT2D eigenvalue weighted by Gasteiger charge is -2.10. The number of amides is 3. The second-order valence-electron chi connectivity index (χ2n) is 7.72. The normalized spacial score (nSPS) is 10.2. The first-order valence-electron chi connectivity index (χ1n) is 11.2. The number of benzene rings is 2. The van der Waals surface area contributed by atoms with Crippen LogP contribution >= 0.6 is 0 Å². The molecule has 0 saturated carbocycles. The van der Waals surface area contributed by atoms with E-state index in [9.17, 15) is 14.4 Å². The van der Waals surface area contributed by atoms with Gasteiger partial charge in [-0.05, 0) is 60.7 Å². The maximum Gasteiger partial charge on any atom is 0.323 e. The lowest BCUT2D eigenvalue weighted by atomic mass is 10.2. The maximum atomic E-state index is 12.4. The molecule has 0 bridgehead atoms. The Morgan fingerprint density at radius 3 is 1.57 bits per heavy atom. The fraction of sp³-hybridized carbons (Fsp3) is 0.0741. The molecule has 10 heteroatoms. The van der Waals surface area contributed by atoms with E-state index in [1.807, 2.05) is 0 Å². The number of urea groups is 1. The summed E-state index contributed by atoms with van der Waals surface area (Å²) in [5, 5.41) is 8.00. The van der Waals surface area contributed by atoms with Gasteiger partial charge in [-0.15, -0.1) is 0 Å². The van der Waals surface area contributed by atoms with Crippen molar-refractivity contribution in [3.8, 4) is 23.0 Å². The third kappa shape index (κ3) is 6.89. The van der Waals surface area contributed by atoms with Gasteiger partial charge in [-0.1, -0.05) is 0 Å². The fourth-order valence-electron chi connectivity index (χ4n) is 3.17. The van der Waals surface area contributed by atoms with Crippen LogP contribution in [0.4, 0.5) is 16.2 Å². The van der Waals surface area contributed by atoms with E-state index in [2.05, 4.69) is 25.9 Å². The third-order valence-corrected chi connectivity index (χ3v) is 4.98. The van der Waals surface area contributed by atoms with Gasteiger partial charge in [0, 0.05) is 49.9 Å². The van der Waals surface area contributed by atoms with Crippen LogP contribution in [0, 0.1) is 0 Å². The van der Waals surface area contributed by atoms with Gasteiger partial charge in [-0.25, -0.2) is 4.79 Å². The number of nitrogens with zero attached hydrogens (tertiary/aromatic N) is 2. The van der Waals surface area contributed by atoms with E-state index in [0.29, 0.717) is 40.1 Å². The van der Waals surface area contributed by atoms with Gasteiger partial charge in [0.2, 0.25) is 0 Å². The summed E-state index contributed by atoms with van der Waals surface area (Å²) in [7, 11) is 1.53. The minimum atomic E-state index is -0.424. The Labute approximate surface area is 212 Å². The number of carbonyl (C=O) groups is 3. The Kier molecular flexibility index (Phi) is 7.69. The Bertz CT molecular complexity index is 1420. The molecular weight excluding hydrogens is 474 g/mol. The van der Waals surface area contributed by atoms with E-state index in [-0.39, 0.29) is 17.4 Å². The quantitative estimate of drug-likeness (QED) is 0.283. The molecule has 10 nitrogen and oxygen atoms in total. The van der Waals surface area contributed by atoms with Gasteiger partial charge in [0.1, 0.15) is 34.4 Å². The number of hydrogen-bond donors (Lipinski definition) is 3. The summed E-state index contributed by atoms with van der Waals surface area (Å²) in [6, 6.07) is 19.5. The molecule has 0 radical (unpaired) electrons.